The van der Waals surface area contributed by atoms with Crippen LogP contribution >= 0.6 is 11.6 Å². The normalized spacial score (nSPS) is 10.4. The van der Waals surface area contributed by atoms with Gasteiger partial charge in [-0.05, 0) is 48.7 Å². The first-order chi connectivity index (χ1) is 13.5. The summed E-state index contributed by atoms with van der Waals surface area (Å²) in [4.78, 5) is 22.5. The van der Waals surface area contributed by atoms with E-state index in [1.54, 1.807) is 13.2 Å². The van der Waals surface area contributed by atoms with Crippen LogP contribution < -0.4 is 14.4 Å². The number of anilines is 1. The van der Waals surface area contributed by atoms with Gasteiger partial charge in [-0.25, -0.2) is 14.8 Å². The Hall–Kier alpha value is -3.12. The van der Waals surface area contributed by atoms with E-state index in [0.29, 0.717) is 17.3 Å². The van der Waals surface area contributed by atoms with E-state index in [9.17, 15) is 4.79 Å². The van der Waals surface area contributed by atoms with Crippen molar-refractivity contribution >= 4 is 23.5 Å². The molecule has 2 aromatic carbocycles. The third-order valence-electron chi connectivity index (χ3n) is 4.23. The number of methoxy groups -OCH3 is 1. The molecule has 0 bridgehead atoms. The first-order valence-corrected chi connectivity index (χ1v) is 9.03. The maximum absolute atomic E-state index is 13.1. The first-order valence-electron chi connectivity index (χ1n) is 8.65. The fourth-order valence-electron chi connectivity index (χ4n) is 2.82. The van der Waals surface area contributed by atoms with Crippen molar-refractivity contribution in [2.24, 2.45) is 0 Å². The molecule has 0 aliphatic rings. The predicted octanol–water partition coefficient (Wildman–Crippen LogP) is 4.96. The number of benzene rings is 2. The molecular formula is C21H20ClN3O3. The van der Waals surface area contributed by atoms with Crippen molar-refractivity contribution in [2.45, 2.75) is 20.4 Å². The van der Waals surface area contributed by atoms with Crippen molar-refractivity contribution in [3.05, 3.63) is 76.7 Å². The van der Waals surface area contributed by atoms with Crippen LogP contribution in [-0.4, -0.2) is 23.2 Å². The highest BCUT2D eigenvalue weighted by molar-refractivity contribution is 6.28. The average molecular weight is 398 g/mol. The smallest absolute Gasteiger partial charge is 0.421 e. The number of amides is 1. The molecule has 0 saturated heterocycles. The fourth-order valence-corrected chi connectivity index (χ4v) is 2.96. The van der Waals surface area contributed by atoms with Gasteiger partial charge in [-0.1, -0.05) is 36.4 Å². The van der Waals surface area contributed by atoms with Gasteiger partial charge in [0.1, 0.15) is 17.3 Å². The van der Waals surface area contributed by atoms with Crippen molar-refractivity contribution in [2.75, 3.05) is 12.0 Å². The second-order valence-electron chi connectivity index (χ2n) is 6.17. The minimum absolute atomic E-state index is 0.0439. The van der Waals surface area contributed by atoms with Gasteiger partial charge >= 0.3 is 6.09 Å². The molecule has 28 heavy (non-hydrogen) atoms. The van der Waals surface area contributed by atoms with Gasteiger partial charge in [-0.3, -0.25) is 4.90 Å². The van der Waals surface area contributed by atoms with Gasteiger partial charge in [0, 0.05) is 11.8 Å². The van der Waals surface area contributed by atoms with E-state index in [1.807, 2.05) is 56.3 Å². The van der Waals surface area contributed by atoms with Crippen LogP contribution in [0, 0.1) is 13.8 Å². The zero-order chi connectivity index (χ0) is 20.1. The Morgan fingerprint density at radius 2 is 1.79 bits per heavy atom. The van der Waals surface area contributed by atoms with E-state index in [2.05, 4.69) is 9.97 Å². The topological polar surface area (TPSA) is 64.5 Å². The molecule has 1 heterocycles. The molecule has 0 saturated carbocycles. The second-order valence-corrected chi connectivity index (χ2v) is 6.51. The monoisotopic (exact) mass is 397 g/mol. The molecule has 0 aliphatic heterocycles. The van der Waals surface area contributed by atoms with Crippen molar-refractivity contribution < 1.29 is 14.3 Å². The van der Waals surface area contributed by atoms with E-state index in [4.69, 9.17) is 21.1 Å². The number of carbonyl (C=O) groups is 1. The molecule has 6 nitrogen and oxygen atoms in total. The number of hydrogen-bond donors (Lipinski definition) is 0. The molecule has 0 unspecified atom stereocenters. The highest BCUT2D eigenvalue weighted by Gasteiger charge is 2.23. The highest BCUT2D eigenvalue weighted by Crippen LogP contribution is 2.27. The van der Waals surface area contributed by atoms with Crippen molar-refractivity contribution in [3.8, 4) is 11.5 Å². The maximum atomic E-state index is 13.1. The Morgan fingerprint density at radius 3 is 2.46 bits per heavy atom. The Balaban J connectivity index is 1.97. The number of nitrogens with zero attached hydrogens (tertiary/aromatic N) is 3. The van der Waals surface area contributed by atoms with Gasteiger partial charge in [-0.15, -0.1) is 0 Å². The number of hydrogen-bond acceptors (Lipinski definition) is 5. The molecule has 0 spiro atoms. The molecule has 3 rings (SSSR count). The molecule has 0 N–H and O–H groups in total. The number of halogens is 1. The van der Waals surface area contributed by atoms with Crippen molar-refractivity contribution in [1.29, 1.82) is 0 Å². The lowest BCUT2D eigenvalue weighted by atomic mass is 10.1. The van der Waals surface area contributed by atoms with Crippen molar-refractivity contribution in [1.82, 2.24) is 9.97 Å². The maximum Gasteiger partial charge on any atom is 0.421 e. The summed E-state index contributed by atoms with van der Waals surface area (Å²) in [5, 5.41) is 0.0439. The summed E-state index contributed by atoms with van der Waals surface area (Å²) in [6, 6.07) is 14.7. The quantitative estimate of drug-likeness (QED) is 0.569. The largest absolute Gasteiger partial charge is 0.496 e. The van der Waals surface area contributed by atoms with E-state index in [0.717, 1.165) is 16.7 Å². The van der Waals surface area contributed by atoms with Gasteiger partial charge in [0.25, 0.3) is 0 Å². The van der Waals surface area contributed by atoms with Gasteiger partial charge < -0.3 is 9.47 Å². The van der Waals surface area contributed by atoms with E-state index in [1.165, 1.54) is 11.1 Å². The molecule has 3 aromatic rings. The zero-order valence-electron chi connectivity index (χ0n) is 15.8. The Morgan fingerprint density at radius 1 is 1.07 bits per heavy atom. The third kappa shape index (κ3) is 4.40. The fraction of sp³-hybridized carbons (Fsp3) is 0.190. The molecule has 0 radical (unpaired) electrons. The van der Waals surface area contributed by atoms with Crippen LogP contribution in [0.5, 0.6) is 11.5 Å². The average Bonchev–Trinajstić information content (AvgIpc) is 2.69. The highest BCUT2D eigenvalue weighted by atomic mass is 35.5. The Kier molecular flexibility index (Phi) is 6.11. The van der Waals surface area contributed by atoms with Gasteiger partial charge in [0.2, 0.25) is 5.28 Å². The molecule has 0 atom stereocenters. The summed E-state index contributed by atoms with van der Waals surface area (Å²) in [6.07, 6.45) is 0.921. The summed E-state index contributed by atoms with van der Waals surface area (Å²) >= 11 is 5.94. The molecule has 7 heteroatoms. The molecule has 1 aromatic heterocycles. The van der Waals surface area contributed by atoms with Crippen LogP contribution in [0.25, 0.3) is 0 Å². The molecule has 0 aliphatic carbocycles. The molecular weight excluding hydrogens is 378 g/mol. The van der Waals surface area contributed by atoms with Crippen LogP contribution in [0.15, 0.2) is 54.7 Å². The number of rotatable bonds is 5. The lowest BCUT2D eigenvalue weighted by molar-refractivity contribution is 0.206. The second kappa shape index (κ2) is 8.71. The van der Waals surface area contributed by atoms with Gasteiger partial charge in [0.05, 0.1) is 13.7 Å². The van der Waals surface area contributed by atoms with Crippen LogP contribution in [-0.2, 0) is 6.54 Å². The lowest BCUT2D eigenvalue weighted by Gasteiger charge is -2.23. The minimum Gasteiger partial charge on any atom is -0.496 e. The first kappa shape index (κ1) is 19.6. The summed E-state index contributed by atoms with van der Waals surface area (Å²) in [7, 11) is 1.58. The van der Waals surface area contributed by atoms with Crippen LogP contribution in [0.2, 0.25) is 5.28 Å². The summed E-state index contributed by atoms with van der Waals surface area (Å²) < 4.78 is 11.1. The number of aromatic nitrogens is 2. The Labute approximate surface area is 168 Å². The molecule has 1 amide bonds. The van der Waals surface area contributed by atoms with Crippen molar-refractivity contribution in [3.63, 3.8) is 0 Å². The Bertz CT molecular complexity index is 974. The zero-order valence-corrected chi connectivity index (χ0v) is 16.6. The summed E-state index contributed by atoms with van der Waals surface area (Å²) in [5.74, 6) is 1.52. The minimum atomic E-state index is -0.571. The van der Waals surface area contributed by atoms with E-state index in [-0.39, 0.29) is 11.8 Å². The number of carbonyl (C=O) groups excluding carboxylic acids is 1. The SMILES string of the molecule is COc1ccccc1CN(C(=O)Oc1c(C)cccc1C)c1ccnc(Cl)n1. The number of para-hydroxylation sites is 2. The number of aryl methyl sites for hydroxylation is 2. The van der Waals surface area contributed by atoms with E-state index >= 15 is 0 Å². The lowest BCUT2D eigenvalue weighted by Crippen LogP contribution is -2.34. The summed E-state index contributed by atoms with van der Waals surface area (Å²) in [5.41, 5.74) is 2.54. The van der Waals surface area contributed by atoms with Crippen LogP contribution in [0.4, 0.5) is 10.6 Å². The van der Waals surface area contributed by atoms with Gasteiger partial charge in [-0.2, -0.15) is 0 Å². The molecule has 0 fully saturated rings. The standard InChI is InChI=1S/C21H20ClN3O3/c1-14-7-6-8-15(2)19(14)28-21(26)25(18-11-12-23-20(22)24-18)13-16-9-4-5-10-17(16)27-3/h4-12H,13H2,1-3H3. The molecule has 144 valence electrons. The predicted molar refractivity (Wildman–Crippen MR) is 108 cm³/mol. The van der Waals surface area contributed by atoms with Crippen LogP contribution in [0.1, 0.15) is 16.7 Å². The van der Waals surface area contributed by atoms with E-state index < -0.39 is 6.09 Å². The number of ether oxygens (including phenoxy) is 2. The summed E-state index contributed by atoms with van der Waals surface area (Å²) in [6.45, 7) is 3.98. The third-order valence-corrected chi connectivity index (χ3v) is 4.41. The van der Waals surface area contributed by atoms with Crippen LogP contribution in [0.3, 0.4) is 0 Å². The van der Waals surface area contributed by atoms with Gasteiger partial charge in [0.15, 0.2) is 0 Å².